The molecule has 1 aromatic rings. The summed E-state index contributed by atoms with van der Waals surface area (Å²) in [5.74, 6) is -0.0406. The van der Waals surface area contributed by atoms with E-state index in [4.69, 9.17) is 4.74 Å². The highest BCUT2D eigenvalue weighted by molar-refractivity contribution is 5.94. The van der Waals surface area contributed by atoms with Gasteiger partial charge in [0.2, 0.25) is 0 Å². The minimum atomic E-state index is -0.492. The summed E-state index contributed by atoms with van der Waals surface area (Å²) in [7, 11) is 0. The second kappa shape index (κ2) is 7.25. The van der Waals surface area contributed by atoms with Crippen LogP contribution in [0.5, 0.6) is 0 Å². The van der Waals surface area contributed by atoms with Gasteiger partial charge in [0.15, 0.2) is 0 Å². The first-order valence-electron chi connectivity index (χ1n) is 7.29. The highest BCUT2D eigenvalue weighted by atomic mass is 16.6. The number of amides is 1. The maximum atomic E-state index is 11.9. The van der Waals surface area contributed by atoms with Crippen LogP contribution in [0.25, 0.3) is 0 Å². The molecule has 21 heavy (non-hydrogen) atoms. The summed E-state index contributed by atoms with van der Waals surface area (Å²) in [5.41, 5.74) is 1.30. The predicted octanol–water partition coefficient (Wildman–Crippen LogP) is 3.27. The van der Waals surface area contributed by atoms with Crippen molar-refractivity contribution in [2.75, 3.05) is 6.54 Å². The minimum absolute atomic E-state index is 0.172. The predicted molar refractivity (Wildman–Crippen MR) is 83.3 cm³/mol. The fourth-order valence-electron chi connectivity index (χ4n) is 1.79. The number of esters is 1. The average Bonchev–Trinajstić information content (AvgIpc) is 2.36. The lowest BCUT2D eigenvalue weighted by Crippen LogP contribution is -2.29. The molecule has 0 fully saturated rings. The van der Waals surface area contributed by atoms with E-state index in [0.717, 1.165) is 0 Å². The van der Waals surface area contributed by atoms with Crippen LogP contribution in [0.3, 0.4) is 0 Å². The Morgan fingerprint density at radius 3 is 2.19 bits per heavy atom. The Labute approximate surface area is 126 Å². The molecule has 0 bridgehead atoms. The zero-order valence-electron chi connectivity index (χ0n) is 13.5. The average molecular weight is 291 g/mol. The largest absolute Gasteiger partial charge is 0.460 e. The first kappa shape index (κ1) is 17.2. The van der Waals surface area contributed by atoms with Gasteiger partial charge >= 0.3 is 5.97 Å². The molecule has 1 rings (SSSR count). The standard InChI is InChI=1S/C17H25NO3/c1-12(2)13-6-8-14(9-7-13)16(20)18-11-10-15(19)21-17(3,4)5/h6-9,12H,10-11H2,1-5H3,(H,18,20). The van der Waals surface area contributed by atoms with Crippen molar-refractivity contribution in [1.82, 2.24) is 5.32 Å². The van der Waals surface area contributed by atoms with Crippen molar-refractivity contribution < 1.29 is 14.3 Å². The molecule has 0 aromatic heterocycles. The molecule has 4 heteroatoms. The molecule has 4 nitrogen and oxygen atoms in total. The lowest BCUT2D eigenvalue weighted by Gasteiger charge is -2.19. The molecule has 116 valence electrons. The van der Waals surface area contributed by atoms with Crippen LogP contribution < -0.4 is 5.32 Å². The summed E-state index contributed by atoms with van der Waals surface area (Å²) >= 11 is 0. The summed E-state index contributed by atoms with van der Waals surface area (Å²) in [6.07, 6.45) is 0.174. The molecule has 1 aromatic carbocycles. The SMILES string of the molecule is CC(C)c1ccc(C(=O)NCCC(=O)OC(C)(C)C)cc1. The van der Waals surface area contributed by atoms with Gasteiger partial charge in [-0.2, -0.15) is 0 Å². The van der Waals surface area contributed by atoms with Gasteiger partial charge in [-0.1, -0.05) is 26.0 Å². The van der Waals surface area contributed by atoms with Gasteiger partial charge in [-0.3, -0.25) is 9.59 Å². The number of hydrogen-bond donors (Lipinski definition) is 1. The molecule has 0 saturated carbocycles. The molecule has 0 spiro atoms. The van der Waals surface area contributed by atoms with Crippen molar-refractivity contribution in [3.63, 3.8) is 0 Å². The zero-order valence-corrected chi connectivity index (χ0v) is 13.5. The van der Waals surface area contributed by atoms with Crippen molar-refractivity contribution in [2.24, 2.45) is 0 Å². The quantitative estimate of drug-likeness (QED) is 0.847. The van der Waals surface area contributed by atoms with Crippen molar-refractivity contribution in [2.45, 2.75) is 52.6 Å². The van der Waals surface area contributed by atoms with Crippen molar-refractivity contribution >= 4 is 11.9 Å². The third-order valence-electron chi connectivity index (χ3n) is 2.87. The molecule has 0 unspecified atom stereocenters. The minimum Gasteiger partial charge on any atom is -0.460 e. The van der Waals surface area contributed by atoms with Crippen LogP contribution in [-0.4, -0.2) is 24.0 Å². The number of carbonyl (C=O) groups excluding carboxylic acids is 2. The fraction of sp³-hybridized carbons (Fsp3) is 0.529. The molecule has 1 amide bonds. The highest BCUT2D eigenvalue weighted by Crippen LogP contribution is 2.14. The molecule has 0 aliphatic carbocycles. The number of nitrogens with one attached hydrogen (secondary N) is 1. The van der Waals surface area contributed by atoms with E-state index in [-0.39, 0.29) is 24.8 Å². The maximum absolute atomic E-state index is 11.9. The molecule has 0 aliphatic rings. The second-order valence-corrected chi connectivity index (χ2v) is 6.37. The molecule has 1 N–H and O–H groups in total. The maximum Gasteiger partial charge on any atom is 0.308 e. The molecule has 0 radical (unpaired) electrons. The number of hydrogen-bond acceptors (Lipinski definition) is 3. The van der Waals surface area contributed by atoms with Gasteiger partial charge in [-0.25, -0.2) is 0 Å². The molecule has 0 atom stereocenters. The van der Waals surface area contributed by atoms with Gasteiger partial charge in [0.05, 0.1) is 6.42 Å². The van der Waals surface area contributed by atoms with E-state index >= 15 is 0 Å². The number of ether oxygens (including phenoxy) is 1. The van der Waals surface area contributed by atoms with Crippen LogP contribution in [0.15, 0.2) is 24.3 Å². The zero-order chi connectivity index (χ0) is 16.0. The van der Waals surface area contributed by atoms with E-state index in [9.17, 15) is 9.59 Å². The Kier molecular flexibility index (Phi) is 5.94. The lowest BCUT2D eigenvalue weighted by atomic mass is 10.0. The summed E-state index contributed by atoms with van der Waals surface area (Å²) in [4.78, 5) is 23.5. The van der Waals surface area contributed by atoms with Gasteiger partial charge in [0.25, 0.3) is 5.91 Å². The highest BCUT2D eigenvalue weighted by Gasteiger charge is 2.16. The van der Waals surface area contributed by atoms with Gasteiger partial charge in [-0.15, -0.1) is 0 Å². The van der Waals surface area contributed by atoms with Gasteiger partial charge in [0.1, 0.15) is 5.60 Å². The fourth-order valence-corrected chi connectivity index (χ4v) is 1.79. The van der Waals surface area contributed by atoms with Crippen LogP contribution >= 0.6 is 0 Å². The van der Waals surface area contributed by atoms with Gasteiger partial charge < -0.3 is 10.1 Å². The summed E-state index contributed by atoms with van der Waals surface area (Å²) < 4.78 is 5.18. The summed E-state index contributed by atoms with van der Waals surface area (Å²) in [5, 5.41) is 2.72. The number of benzene rings is 1. The topological polar surface area (TPSA) is 55.4 Å². The molecular formula is C17H25NO3. The summed E-state index contributed by atoms with van der Waals surface area (Å²) in [6, 6.07) is 7.51. The van der Waals surface area contributed by atoms with Crippen LogP contribution in [0, 0.1) is 0 Å². The van der Waals surface area contributed by atoms with E-state index in [2.05, 4.69) is 19.2 Å². The van der Waals surface area contributed by atoms with Crippen LogP contribution in [0.4, 0.5) is 0 Å². The number of carbonyl (C=O) groups is 2. The first-order valence-corrected chi connectivity index (χ1v) is 7.29. The van der Waals surface area contributed by atoms with E-state index < -0.39 is 5.60 Å². The smallest absolute Gasteiger partial charge is 0.308 e. The lowest BCUT2D eigenvalue weighted by molar-refractivity contribution is -0.154. The van der Waals surface area contributed by atoms with Crippen LogP contribution in [-0.2, 0) is 9.53 Å². The van der Waals surface area contributed by atoms with E-state index in [1.165, 1.54) is 5.56 Å². The third kappa shape index (κ3) is 6.43. The Morgan fingerprint density at radius 1 is 1.14 bits per heavy atom. The van der Waals surface area contributed by atoms with E-state index in [1.54, 1.807) is 12.1 Å². The Bertz CT molecular complexity index is 484. The Balaban J connectivity index is 2.42. The Morgan fingerprint density at radius 2 is 1.71 bits per heavy atom. The molecule has 0 aliphatic heterocycles. The Hall–Kier alpha value is -1.84. The molecule has 0 heterocycles. The van der Waals surface area contributed by atoms with Crippen molar-refractivity contribution in [3.05, 3.63) is 35.4 Å². The first-order chi connectivity index (χ1) is 9.69. The molecular weight excluding hydrogens is 266 g/mol. The van der Waals surface area contributed by atoms with Gasteiger partial charge in [0, 0.05) is 12.1 Å². The summed E-state index contributed by atoms with van der Waals surface area (Å²) in [6.45, 7) is 9.95. The third-order valence-corrected chi connectivity index (χ3v) is 2.87. The monoisotopic (exact) mass is 291 g/mol. The number of rotatable bonds is 5. The normalized spacial score (nSPS) is 11.3. The van der Waals surface area contributed by atoms with Crippen molar-refractivity contribution in [3.8, 4) is 0 Å². The van der Waals surface area contributed by atoms with E-state index in [0.29, 0.717) is 11.5 Å². The molecule has 0 saturated heterocycles. The second-order valence-electron chi connectivity index (χ2n) is 6.37. The van der Waals surface area contributed by atoms with E-state index in [1.807, 2.05) is 32.9 Å². The van der Waals surface area contributed by atoms with Crippen LogP contribution in [0.1, 0.15) is 62.9 Å². The van der Waals surface area contributed by atoms with Gasteiger partial charge in [-0.05, 0) is 44.4 Å². The van der Waals surface area contributed by atoms with Crippen molar-refractivity contribution in [1.29, 1.82) is 0 Å². The van der Waals surface area contributed by atoms with Crippen LogP contribution in [0.2, 0.25) is 0 Å².